The van der Waals surface area contributed by atoms with Gasteiger partial charge in [0.1, 0.15) is 0 Å². The molecule has 0 amide bonds. The van der Waals surface area contributed by atoms with Crippen molar-refractivity contribution in [2.45, 2.75) is 17.8 Å². The molecule has 0 saturated carbocycles. The number of ether oxygens (including phenoxy) is 2. The van der Waals surface area contributed by atoms with E-state index in [0.717, 1.165) is 12.7 Å². The van der Waals surface area contributed by atoms with Gasteiger partial charge in [0.2, 0.25) is 0 Å². The third-order valence-corrected chi connectivity index (χ3v) is 5.99. The van der Waals surface area contributed by atoms with Crippen LogP contribution in [0.15, 0.2) is 65.7 Å². The van der Waals surface area contributed by atoms with Crippen LogP contribution in [0.1, 0.15) is 17.2 Å². The summed E-state index contributed by atoms with van der Waals surface area (Å²) in [6.07, 6.45) is -4.92. The summed E-state index contributed by atoms with van der Waals surface area (Å²) in [4.78, 5) is 17.1. The molecule has 0 fully saturated rings. The van der Waals surface area contributed by atoms with Gasteiger partial charge < -0.3 is 0 Å². The number of carbonyl (C=O) groups is 1. The van der Waals surface area contributed by atoms with Crippen molar-refractivity contribution in [2.75, 3.05) is 13.7 Å². The summed E-state index contributed by atoms with van der Waals surface area (Å²) in [6.45, 7) is 0.200. The zero-order valence-electron chi connectivity index (χ0n) is 14.3. The van der Waals surface area contributed by atoms with Crippen LogP contribution in [-0.4, -0.2) is 44.3 Å². The van der Waals surface area contributed by atoms with Crippen LogP contribution < -0.4 is 0 Å². The predicted octanol–water partition coefficient (Wildman–Crippen LogP) is 3.45. The van der Waals surface area contributed by atoms with Gasteiger partial charge in [-0.3, -0.25) is 0 Å². The molecule has 2 atom stereocenters. The molecular formula is C19H16F3NO3Se. The Hall–Kier alpha value is -2.15. The minimum atomic E-state index is -4.92. The van der Waals surface area contributed by atoms with E-state index in [1.807, 2.05) is 30.3 Å². The Bertz CT molecular complexity index is 827. The molecule has 0 N–H and O–H groups in total. The van der Waals surface area contributed by atoms with Crippen LogP contribution in [0.2, 0.25) is 0 Å². The fraction of sp³-hybridized carbons (Fsp3) is 0.263. The fourth-order valence-corrected chi connectivity index (χ4v) is 4.74. The first kappa shape index (κ1) is 19.6. The van der Waals surface area contributed by atoms with Crippen molar-refractivity contribution in [2.24, 2.45) is 4.99 Å². The summed E-state index contributed by atoms with van der Waals surface area (Å²) in [6, 6.07) is 15.8. The van der Waals surface area contributed by atoms with Crippen LogP contribution in [0.5, 0.6) is 0 Å². The summed E-state index contributed by atoms with van der Waals surface area (Å²) in [5.74, 6) is 0. The number of rotatable bonds is 6. The molecule has 27 heavy (non-hydrogen) atoms. The molecule has 1 aliphatic heterocycles. The zero-order chi connectivity index (χ0) is 19.5. The number of halogens is 3. The van der Waals surface area contributed by atoms with E-state index in [1.54, 1.807) is 6.07 Å². The second-order valence-electron chi connectivity index (χ2n) is 5.77. The van der Waals surface area contributed by atoms with Gasteiger partial charge in [-0.1, -0.05) is 0 Å². The maximum absolute atomic E-state index is 13.9. The number of benzene rings is 2. The summed E-state index contributed by atoms with van der Waals surface area (Å²) >= 11 is -1.29. The van der Waals surface area contributed by atoms with E-state index in [1.165, 1.54) is 24.3 Å². The second kappa shape index (κ2) is 7.84. The molecule has 0 unspecified atom stereocenters. The Morgan fingerprint density at radius 3 is 2.26 bits per heavy atom. The Labute approximate surface area is 160 Å². The van der Waals surface area contributed by atoms with Crippen LogP contribution in [0.3, 0.4) is 0 Å². The topological polar surface area (TPSA) is 47.9 Å². The molecule has 4 nitrogen and oxygen atoms in total. The minimum absolute atomic E-state index is 0.0444. The van der Waals surface area contributed by atoms with Gasteiger partial charge in [-0.05, 0) is 0 Å². The quantitative estimate of drug-likeness (QED) is 0.645. The van der Waals surface area contributed by atoms with Crippen molar-refractivity contribution >= 4 is 24.4 Å². The van der Waals surface area contributed by atoms with E-state index in [9.17, 15) is 18.0 Å². The first-order valence-electron chi connectivity index (χ1n) is 8.03. The number of hydrogen-bond donors (Lipinski definition) is 0. The maximum atomic E-state index is 13.9. The fourth-order valence-electron chi connectivity index (χ4n) is 2.79. The Morgan fingerprint density at radius 2 is 1.70 bits per heavy atom. The number of hydrogen-bond acceptors (Lipinski definition) is 4. The SMILES string of the molecule is CO[C@](C(=O)[Se]C1=N[C@H](c2ccccc2)CO1)(c1ccccc1)C(F)(F)F. The number of alkyl halides is 3. The monoisotopic (exact) mass is 443 g/mol. The molecule has 1 heterocycles. The van der Waals surface area contributed by atoms with Gasteiger partial charge in [0.15, 0.2) is 0 Å². The zero-order valence-corrected chi connectivity index (χ0v) is 16.0. The molecule has 0 bridgehead atoms. The predicted molar refractivity (Wildman–Crippen MR) is 94.5 cm³/mol. The number of carbonyl (C=O) groups excluding carboxylic acids is 1. The van der Waals surface area contributed by atoms with Crippen molar-refractivity contribution in [1.82, 2.24) is 0 Å². The van der Waals surface area contributed by atoms with E-state index in [0.29, 0.717) is 0 Å². The van der Waals surface area contributed by atoms with Crippen molar-refractivity contribution in [1.29, 1.82) is 0 Å². The van der Waals surface area contributed by atoms with E-state index >= 15 is 0 Å². The molecule has 3 rings (SSSR count). The van der Waals surface area contributed by atoms with Gasteiger partial charge in [-0.25, -0.2) is 0 Å². The number of nitrogens with zero attached hydrogens (tertiary/aromatic N) is 1. The molecule has 142 valence electrons. The van der Waals surface area contributed by atoms with Gasteiger partial charge in [-0.15, -0.1) is 0 Å². The van der Waals surface area contributed by atoms with Crippen molar-refractivity contribution in [3.63, 3.8) is 0 Å². The molecule has 0 radical (unpaired) electrons. The van der Waals surface area contributed by atoms with Gasteiger partial charge >= 0.3 is 160 Å². The molecule has 0 aromatic heterocycles. The molecule has 2 aromatic carbocycles. The van der Waals surface area contributed by atoms with E-state index in [4.69, 9.17) is 9.47 Å². The van der Waals surface area contributed by atoms with Crippen LogP contribution in [0.4, 0.5) is 13.2 Å². The average Bonchev–Trinajstić information content (AvgIpc) is 3.12. The van der Waals surface area contributed by atoms with Crippen molar-refractivity contribution in [3.05, 3.63) is 71.8 Å². The summed E-state index contributed by atoms with van der Waals surface area (Å²) in [5.41, 5.74) is -2.41. The van der Waals surface area contributed by atoms with Gasteiger partial charge in [0.05, 0.1) is 0 Å². The first-order valence-corrected chi connectivity index (χ1v) is 9.75. The Balaban J connectivity index is 1.88. The third kappa shape index (κ3) is 3.78. The van der Waals surface area contributed by atoms with Crippen molar-refractivity contribution < 1.29 is 27.4 Å². The molecule has 8 heteroatoms. The van der Waals surface area contributed by atoms with Crippen LogP contribution in [0, 0.1) is 0 Å². The van der Waals surface area contributed by atoms with Gasteiger partial charge in [0.25, 0.3) is 0 Å². The summed E-state index contributed by atoms with van der Waals surface area (Å²) < 4.78 is 50.8. The average molecular weight is 442 g/mol. The molecule has 0 aliphatic carbocycles. The van der Waals surface area contributed by atoms with Crippen LogP contribution in [-0.2, 0) is 19.9 Å². The van der Waals surface area contributed by atoms with Gasteiger partial charge in [-0.2, -0.15) is 0 Å². The first-order chi connectivity index (χ1) is 12.9. The molecule has 0 spiro atoms. The standard InChI is InChI=1S/C19H16F3NO3Se/c1-25-18(19(20,21)22,14-10-6-3-7-11-14)16(24)27-17-23-15(12-26-17)13-8-4-2-5-9-13/h2-11,15H,12H2,1H3/t15-,18-/m0/s1. The molecule has 0 saturated heterocycles. The number of aliphatic imine (C=N–C) groups is 1. The van der Waals surface area contributed by atoms with Crippen LogP contribution in [0.25, 0.3) is 0 Å². The normalized spacial score (nSPS) is 19.1. The second-order valence-corrected chi connectivity index (χ2v) is 7.71. The van der Waals surface area contributed by atoms with E-state index in [2.05, 4.69) is 4.99 Å². The summed E-state index contributed by atoms with van der Waals surface area (Å²) in [7, 11) is 0.887. The Morgan fingerprint density at radius 1 is 1.11 bits per heavy atom. The molecule has 2 aromatic rings. The number of methoxy groups -OCH3 is 1. The summed E-state index contributed by atoms with van der Waals surface area (Å²) in [5, 5.41) is 0. The molecule has 1 aliphatic rings. The molecular weight excluding hydrogens is 426 g/mol. The van der Waals surface area contributed by atoms with Gasteiger partial charge in [0, 0.05) is 0 Å². The van der Waals surface area contributed by atoms with E-state index < -0.39 is 31.4 Å². The van der Waals surface area contributed by atoms with Crippen molar-refractivity contribution in [3.8, 4) is 0 Å². The third-order valence-electron chi connectivity index (χ3n) is 4.16. The van der Waals surface area contributed by atoms with E-state index in [-0.39, 0.29) is 23.0 Å². The van der Waals surface area contributed by atoms with Crippen LogP contribution >= 0.6 is 0 Å². The Kier molecular flexibility index (Phi) is 5.69.